The van der Waals surface area contributed by atoms with Gasteiger partial charge in [-0.3, -0.25) is 4.79 Å². The van der Waals surface area contributed by atoms with Gasteiger partial charge in [-0.05, 0) is 34.8 Å². The van der Waals surface area contributed by atoms with Gasteiger partial charge in [0.05, 0.1) is 17.8 Å². The smallest absolute Gasteiger partial charge is 0.257 e. The number of likely N-dealkylation sites (tertiary alicyclic amines) is 1. The van der Waals surface area contributed by atoms with Crippen LogP contribution in [-0.4, -0.2) is 48.1 Å². The summed E-state index contributed by atoms with van der Waals surface area (Å²) in [5.41, 5.74) is 0.609. The van der Waals surface area contributed by atoms with Gasteiger partial charge in [-0.25, -0.2) is 4.98 Å². The summed E-state index contributed by atoms with van der Waals surface area (Å²) in [5, 5.41) is 2.97. The Morgan fingerprint density at radius 1 is 1.47 bits per heavy atom. The number of amides is 1. The molecule has 2 bridgehead atoms. The second-order valence-corrected chi connectivity index (χ2v) is 5.88. The van der Waals surface area contributed by atoms with E-state index < -0.39 is 0 Å². The number of hydrogen-bond donors (Lipinski definition) is 1. The first-order valence-corrected chi connectivity index (χ1v) is 7.24. The minimum Gasteiger partial charge on any atom is -0.372 e. The molecule has 0 radical (unpaired) electrons. The molecule has 0 aliphatic carbocycles. The van der Waals surface area contributed by atoms with E-state index in [9.17, 15) is 4.79 Å². The zero-order valence-corrected chi connectivity index (χ0v) is 12.3. The molecule has 3 heterocycles. The molecule has 1 aromatic rings. The van der Waals surface area contributed by atoms with Crippen LogP contribution in [0.5, 0.6) is 0 Å². The third kappa shape index (κ3) is 2.47. The molecule has 2 aliphatic heterocycles. The van der Waals surface area contributed by atoms with Crippen molar-refractivity contribution in [3.63, 3.8) is 0 Å². The third-order valence-electron chi connectivity index (χ3n) is 3.65. The predicted molar refractivity (Wildman–Crippen MR) is 75.3 cm³/mol. The summed E-state index contributed by atoms with van der Waals surface area (Å²) in [6, 6.07) is 1.82. The fraction of sp³-hybridized carbons (Fsp3) is 0.538. The van der Waals surface area contributed by atoms with Crippen molar-refractivity contribution < 1.29 is 9.53 Å². The van der Waals surface area contributed by atoms with Gasteiger partial charge in [-0.15, -0.1) is 0 Å². The number of pyridine rings is 1. The Balaban J connectivity index is 1.85. The standard InChI is InChI=1S/C13H16BrN3O2/c1-15-12-11(4-8(14)5-16-12)13(18)17-6-9-2-3-10(7-17)19-9/h4-5,9-10H,2-3,6-7H2,1H3,(H,15,16). The molecule has 3 rings (SSSR count). The third-order valence-corrected chi connectivity index (χ3v) is 4.09. The average molecular weight is 326 g/mol. The van der Waals surface area contributed by atoms with Crippen LogP contribution in [0.15, 0.2) is 16.7 Å². The van der Waals surface area contributed by atoms with Crippen LogP contribution in [-0.2, 0) is 4.74 Å². The van der Waals surface area contributed by atoms with Crippen molar-refractivity contribution >= 4 is 27.7 Å². The summed E-state index contributed by atoms with van der Waals surface area (Å²) in [5.74, 6) is 0.644. The molecule has 102 valence electrons. The number of carbonyl (C=O) groups is 1. The Morgan fingerprint density at radius 3 is 2.79 bits per heavy atom. The zero-order valence-electron chi connectivity index (χ0n) is 10.7. The number of fused-ring (bicyclic) bond motifs is 2. The maximum absolute atomic E-state index is 12.6. The number of rotatable bonds is 2. The Morgan fingerprint density at radius 2 is 2.16 bits per heavy atom. The number of carbonyl (C=O) groups excluding carboxylic acids is 1. The SMILES string of the molecule is CNc1ncc(Br)cc1C(=O)N1CC2CCC(C1)O2. The Bertz CT molecular complexity index is 497. The van der Waals surface area contributed by atoms with Crippen LogP contribution in [0, 0.1) is 0 Å². The number of anilines is 1. The predicted octanol–water partition coefficient (Wildman–Crippen LogP) is 1.89. The minimum atomic E-state index is 0.0263. The lowest BCUT2D eigenvalue weighted by atomic mass is 10.2. The molecule has 6 heteroatoms. The quantitative estimate of drug-likeness (QED) is 0.902. The summed E-state index contributed by atoms with van der Waals surface area (Å²) in [4.78, 5) is 18.7. The fourth-order valence-corrected chi connectivity index (χ4v) is 3.08. The van der Waals surface area contributed by atoms with Crippen LogP contribution < -0.4 is 5.32 Å². The van der Waals surface area contributed by atoms with Gasteiger partial charge in [0.2, 0.25) is 0 Å². The van der Waals surface area contributed by atoms with E-state index in [1.54, 1.807) is 13.2 Å². The monoisotopic (exact) mass is 325 g/mol. The molecule has 2 fully saturated rings. The topological polar surface area (TPSA) is 54.5 Å². The van der Waals surface area contributed by atoms with Gasteiger partial charge >= 0.3 is 0 Å². The second kappa shape index (κ2) is 5.09. The van der Waals surface area contributed by atoms with Crippen LogP contribution in [0.25, 0.3) is 0 Å². The maximum atomic E-state index is 12.6. The molecule has 1 N–H and O–H groups in total. The molecule has 1 aromatic heterocycles. The van der Waals surface area contributed by atoms with Gasteiger partial charge in [-0.1, -0.05) is 0 Å². The minimum absolute atomic E-state index is 0.0263. The Labute approximate surface area is 120 Å². The largest absolute Gasteiger partial charge is 0.372 e. The fourth-order valence-electron chi connectivity index (χ4n) is 2.75. The molecule has 0 aromatic carbocycles. The van der Waals surface area contributed by atoms with Crippen molar-refractivity contribution in [2.24, 2.45) is 0 Å². The molecule has 1 amide bonds. The van der Waals surface area contributed by atoms with E-state index in [4.69, 9.17) is 4.74 Å². The number of nitrogens with one attached hydrogen (secondary N) is 1. The van der Waals surface area contributed by atoms with Gasteiger partial charge in [0, 0.05) is 30.8 Å². The average Bonchev–Trinajstić information content (AvgIpc) is 2.76. The second-order valence-electron chi connectivity index (χ2n) is 4.97. The first-order valence-electron chi connectivity index (χ1n) is 6.45. The molecule has 19 heavy (non-hydrogen) atoms. The van der Waals surface area contributed by atoms with Crippen molar-refractivity contribution in [2.75, 3.05) is 25.5 Å². The molecule has 5 nitrogen and oxygen atoms in total. The van der Waals surface area contributed by atoms with Crippen LogP contribution in [0.4, 0.5) is 5.82 Å². The Kier molecular flexibility index (Phi) is 3.45. The van der Waals surface area contributed by atoms with Gasteiger partial charge in [0.1, 0.15) is 5.82 Å². The summed E-state index contributed by atoms with van der Waals surface area (Å²) in [6.45, 7) is 1.37. The normalized spacial score (nSPS) is 25.5. The molecule has 2 aliphatic rings. The summed E-state index contributed by atoms with van der Waals surface area (Å²) in [7, 11) is 1.77. The van der Waals surface area contributed by atoms with Crippen LogP contribution >= 0.6 is 15.9 Å². The number of aromatic nitrogens is 1. The molecule has 0 saturated carbocycles. The van der Waals surface area contributed by atoms with Crippen molar-refractivity contribution in [1.82, 2.24) is 9.88 Å². The number of halogens is 1. The van der Waals surface area contributed by atoms with E-state index in [1.165, 1.54) is 0 Å². The highest BCUT2D eigenvalue weighted by atomic mass is 79.9. The molecule has 0 spiro atoms. The number of hydrogen-bond acceptors (Lipinski definition) is 4. The first-order chi connectivity index (χ1) is 9.17. The zero-order chi connectivity index (χ0) is 13.4. The lowest BCUT2D eigenvalue weighted by Crippen LogP contribution is -2.46. The van der Waals surface area contributed by atoms with E-state index in [0.29, 0.717) is 24.5 Å². The Hall–Kier alpha value is -1.14. The number of ether oxygens (including phenoxy) is 1. The summed E-state index contributed by atoms with van der Waals surface area (Å²) >= 11 is 3.37. The number of nitrogens with zero attached hydrogens (tertiary/aromatic N) is 2. The van der Waals surface area contributed by atoms with E-state index in [2.05, 4.69) is 26.2 Å². The van der Waals surface area contributed by atoms with Crippen LogP contribution in [0.1, 0.15) is 23.2 Å². The van der Waals surface area contributed by atoms with Crippen LogP contribution in [0.3, 0.4) is 0 Å². The van der Waals surface area contributed by atoms with E-state index in [-0.39, 0.29) is 18.1 Å². The highest BCUT2D eigenvalue weighted by Gasteiger charge is 2.36. The molecular weight excluding hydrogens is 310 g/mol. The van der Waals surface area contributed by atoms with Crippen LogP contribution in [0.2, 0.25) is 0 Å². The summed E-state index contributed by atoms with van der Waals surface area (Å²) < 4.78 is 6.57. The maximum Gasteiger partial charge on any atom is 0.257 e. The van der Waals surface area contributed by atoms with Crippen molar-refractivity contribution in [3.8, 4) is 0 Å². The van der Waals surface area contributed by atoms with Crippen molar-refractivity contribution in [1.29, 1.82) is 0 Å². The summed E-state index contributed by atoms with van der Waals surface area (Å²) in [6.07, 6.45) is 4.22. The molecule has 2 unspecified atom stereocenters. The molecule has 2 atom stereocenters. The number of morpholine rings is 1. The molecule has 2 saturated heterocycles. The van der Waals surface area contributed by atoms with E-state index in [0.717, 1.165) is 17.3 Å². The molecular formula is C13H16BrN3O2. The highest BCUT2D eigenvalue weighted by Crippen LogP contribution is 2.28. The van der Waals surface area contributed by atoms with Gasteiger partial charge < -0.3 is 15.0 Å². The van der Waals surface area contributed by atoms with Gasteiger partial charge in [-0.2, -0.15) is 0 Å². The van der Waals surface area contributed by atoms with Gasteiger partial charge in [0.15, 0.2) is 0 Å². The van der Waals surface area contributed by atoms with E-state index in [1.807, 2.05) is 11.0 Å². The van der Waals surface area contributed by atoms with E-state index >= 15 is 0 Å². The van der Waals surface area contributed by atoms with Crippen molar-refractivity contribution in [2.45, 2.75) is 25.0 Å². The van der Waals surface area contributed by atoms with Crippen molar-refractivity contribution in [3.05, 3.63) is 22.3 Å². The lowest BCUT2D eigenvalue weighted by Gasteiger charge is -2.32. The lowest BCUT2D eigenvalue weighted by molar-refractivity contribution is -0.0303. The van der Waals surface area contributed by atoms with Gasteiger partial charge in [0.25, 0.3) is 5.91 Å². The highest BCUT2D eigenvalue weighted by molar-refractivity contribution is 9.10. The first kappa shape index (κ1) is 12.9.